The highest BCUT2D eigenvalue weighted by Gasteiger charge is 2.37. The van der Waals surface area contributed by atoms with Crippen molar-refractivity contribution in [2.45, 2.75) is 6.92 Å². The quantitative estimate of drug-likeness (QED) is 0.554. The van der Waals surface area contributed by atoms with Gasteiger partial charge >= 0.3 is 0 Å². The van der Waals surface area contributed by atoms with Crippen LogP contribution in [0.25, 0.3) is 6.08 Å². The number of benzene rings is 2. The second kappa shape index (κ2) is 8.70. The Hall–Kier alpha value is -2.45. The van der Waals surface area contributed by atoms with Crippen LogP contribution < -0.4 is 19.1 Å². The molecule has 1 saturated heterocycles. The standard InChI is InChI=1S/C20H18BrNO5S/c1-4-27-17-11-13(21)12(9-16(17)26-3)10-18-19(23)22(20(24)28-18)14-7-5-6-8-15(14)25-2/h5-11H,4H2,1-3H3/b18-10-. The summed E-state index contributed by atoms with van der Waals surface area (Å²) in [7, 11) is 3.04. The van der Waals surface area contributed by atoms with Crippen LogP contribution in [0.15, 0.2) is 45.8 Å². The highest BCUT2D eigenvalue weighted by Crippen LogP contribution is 2.41. The minimum absolute atomic E-state index is 0.308. The highest BCUT2D eigenvalue weighted by atomic mass is 79.9. The van der Waals surface area contributed by atoms with E-state index in [-0.39, 0.29) is 5.24 Å². The minimum Gasteiger partial charge on any atom is -0.495 e. The van der Waals surface area contributed by atoms with Gasteiger partial charge in [-0.15, -0.1) is 0 Å². The number of thioether (sulfide) groups is 1. The first-order valence-electron chi connectivity index (χ1n) is 8.41. The predicted octanol–water partition coefficient (Wildman–Crippen LogP) is 5.11. The second-order valence-electron chi connectivity index (χ2n) is 5.65. The fourth-order valence-corrected chi connectivity index (χ4v) is 3.98. The zero-order chi connectivity index (χ0) is 20.3. The van der Waals surface area contributed by atoms with Crippen LogP contribution in [-0.2, 0) is 4.79 Å². The lowest BCUT2D eigenvalue weighted by atomic mass is 10.1. The molecular weight excluding hydrogens is 446 g/mol. The summed E-state index contributed by atoms with van der Waals surface area (Å²) >= 11 is 4.36. The molecule has 0 aromatic heterocycles. The summed E-state index contributed by atoms with van der Waals surface area (Å²) in [6.07, 6.45) is 1.66. The van der Waals surface area contributed by atoms with E-state index in [1.54, 1.807) is 49.6 Å². The number of halogens is 1. The first-order valence-corrected chi connectivity index (χ1v) is 10.0. The van der Waals surface area contributed by atoms with Crippen LogP contribution in [0, 0.1) is 0 Å². The van der Waals surface area contributed by atoms with E-state index < -0.39 is 5.91 Å². The average Bonchev–Trinajstić information content (AvgIpc) is 2.97. The van der Waals surface area contributed by atoms with Crippen molar-refractivity contribution in [3.8, 4) is 17.2 Å². The summed E-state index contributed by atoms with van der Waals surface area (Å²) in [6.45, 7) is 2.38. The zero-order valence-electron chi connectivity index (χ0n) is 15.5. The number of para-hydroxylation sites is 2. The summed E-state index contributed by atoms with van der Waals surface area (Å²) in [5.41, 5.74) is 1.12. The first-order chi connectivity index (χ1) is 13.5. The van der Waals surface area contributed by atoms with Crippen LogP contribution in [0.5, 0.6) is 17.2 Å². The average molecular weight is 464 g/mol. The summed E-state index contributed by atoms with van der Waals surface area (Å²) in [6, 6.07) is 10.4. The molecule has 0 atom stereocenters. The fraction of sp³-hybridized carbons (Fsp3) is 0.200. The molecule has 0 unspecified atom stereocenters. The van der Waals surface area contributed by atoms with Crippen molar-refractivity contribution in [1.29, 1.82) is 0 Å². The van der Waals surface area contributed by atoms with E-state index in [4.69, 9.17) is 14.2 Å². The van der Waals surface area contributed by atoms with Crippen LogP contribution in [-0.4, -0.2) is 32.0 Å². The number of anilines is 1. The third-order valence-electron chi connectivity index (χ3n) is 3.99. The fourth-order valence-electron chi connectivity index (χ4n) is 2.72. The van der Waals surface area contributed by atoms with E-state index in [0.29, 0.717) is 40.0 Å². The number of ether oxygens (including phenoxy) is 3. The van der Waals surface area contributed by atoms with Gasteiger partial charge in [-0.25, -0.2) is 4.90 Å². The SMILES string of the molecule is CCOc1cc(Br)c(/C=C2\SC(=O)N(c3ccccc3OC)C2=O)cc1OC. The summed E-state index contributed by atoms with van der Waals surface area (Å²) < 4.78 is 16.9. The normalized spacial score (nSPS) is 15.3. The second-order valence-corrected chi connectivity index (χ2v) is 7.49. The summed E-state index contributed by atoms with van der Waals surface area (Å²) in [5.74, 6) is 1.19. The molecule has 2 aromatic rings. The van der Waals surface area contributed by atoms with Gasteiger partial charge < -0.3 is 14.2 Å². The van der Waals surface area contributed by atoms with Crippen molar-refractivity contribution in [3.63, 3.8) is 0 Å². The summed E-state index contributed by atoms with van der Waals surface area (Å²) in [5, 5.41) is -0.380. The molecule has 0 saturated carbocycles. The van der Waals surface area contributed by atoms with E-state index in [0.717, 1.165) is 21.1 Å². The van der Waals surface area contributed by atoms with Crippen LogP contribution in [0.1, 0.15) is 12.5 Å². The molecule has 2 aromatic carbocycles. The van der Waals surface area contributed by atoms with Gasteiger partial charge in [0.1, 0.15) is 5.75 Å². The Kier molecular flexibility index (Phi) is 6.31. The van der Waals surface area contributed by atoms with E-state index in [1.165, 1.54) is 7.11 Å². The molecule has 0 spiro atoms. The van der Waals surface area contributed by atoms with E-state index in [9.17, 15) is 9.59 Å². The third-order valence-corrected chi connectivity index (χ3v) is 5.55. The maximum absolute atomic E-state index is 12.9. The van der Waals surface area contributed by atoms with Crippen molar-refractivity contribution in [1.82, 2.24) is 0 Å². The Morgan fingerprint density at radius 1 is 1.07 bits per heavy atom. The predicted molar refractivity (Wildman–Crippen MR) is 113 cm³/mol. The largest absolute Gasteiger partial charge is 0.495 e. The number of hydrogen-bond donors (Lipinski definition) is 0. The molecule has 0 radical (unpaired) electrons. The molecule has 1 heterocycles. The smallest absolute Gasteiger partial charge is 0.298 e. The van der Waals surface area contributed by atoms with Gasteiger partial charge in [0.05, 0.1) is 31.4 Å². The van der Waals surface area contributed by atoms with E-state index in [1.807, 2.05) is 6.92 Å². The van der Waals surface area contributed by atoms with Gasteiger partial charge in [-0.05, 0) is 54.6 Å². The lowest BCUT2D eigenvalue weighted by Crippen LogP contribution is -2.28. The topological polar surface area (TPSA) is 65.1 Å². The van der Waals surface area contributed by atoms with Crippen molar-refractivity contribution >= 4 is 50.6 Å². The molecule has 0 aliphatic carbocycles. The van der Waals surface area contributed by atoms with Crippen LogP contribution in [0.4, 0.5) is 10.5 Å². The molecule has 1 aliphatic heterocycles. The molecule has 1 fully saturated rings. The minimum atomic E-state index is -0.403. The number of methoxy groups -OCH3 is 2. The third kappa shape index (κ3) is 3.88. The van der Waals surface area contributed by atoms with Crippen molar-refractivity contribution in [2.24, 2.45) is 0 Å². The van der Waals surface area contributed by atoms with Gasteiger partial charge in [0.15, 0.2) is 11.5 Å². The Bertz CT molecular complexity index is 960. The maximum Gasteiger partial charge on any atom is 0.298 e. The van der Waals surface area contributed by atoms with Gasteiger partial charge in [0.2, 0.25) is 0 Å². The highest BCUT2D eigenvalue weighted by molar-refractivity contribution is 9.10. The van der Waals surface area contributed by atoms with Gasteiger partial charge in [0.25, 0.3) is 11.1 Å². The Labute approximate surface area is 175 Å². The zero-order valence-corrected chi connectivity index (χ0v) is 17.9. The molecule has 2 amide bonds. The van der Waals surface area contributed by atoms with Gasteiger partial charge in [-0.3, -0.25) is 9.59 Å². The lowest BCUT2D eigenvalue weighted by Gasteiger charge is -2.15. The number of imide groups is 1. The van der Waals surface area contributed by atoms with Crippen molar-refractivity contribution in [2.75, 3.05) is 25.7 Å². The monoisotopic (exact) mass is 463 g/mol. The van der Waals surface area contributed by atoms with Crippen LogP contribution in [0.2, 0.25) is 0 Å². The maximum atomic E-state index is 12.9. The Morgan fingerprint density at radius 3 is 2.46 bits per heavy atom. The van der Waals surface area contributed by atoms with Crippen molar-refractivity contribution < 1.29 is 23.8 Å². The number of carbonyl (C=O) groups excluding carboxylic acids is 2. The van der Waals surface area contributed by atoms with E-state index >= 15 is 0 Å². The molecular formula is C20H18BrNO5S. The van der Waals surface area contributed by atoms with Gasteiger partial charge in [0, 0.05) is 4.47 Å². The molecule has 146 valence electrons. The summed E-state index contributed by atoms with van der Waals surface area (Å²) in [4.78, 5) is 26.9. The molecule has 3 rings (SSSR count). The lowest BCUT2D eigenvalue weighted by molar-refractivity contribution is -0.113. The Balaban J connectivity index is 1.98. The number of carbonyl (C=O) groups is 2. The molecule has 28 heavy (non-hydrogen) atoms. The molecule has 0 N–H and O–H groups in total. The number of nitrogens with zero attached hydrogens (tertiary/aromatic N) is 1. The van der Waals surface area contributed by atoms with Crippen LogP contribution in [0.3, 0.4) is 0 Å². The Morgan fingerprint density at radius 2 is 1.79 bits per heavy atom. The number of rotatable bonds is 6. The van der Waals surface area contributed by atoms with Gasteiger partial charge in [-0.1, -0.05) is 28.1 Å². The molecule has 6 nitrogen and oxygen atoms in total. The first kappa shape index (κ1) is 20.3. The van der Waals surface area contributed by atoms with Gasteiger partial charge in [-0.2, -0.15) is 0 Å². The van der Waals surface area contributed by atoms with Crippen molar-refractivity contribution in [3.05, 3.63) is 51.3 Å². The van der Waals surface area contributed by atoms with E-state index in [2.05, 4.69) is 15.9 Å². The van der Waals surface area contributed by atoms with Crippen LogP contribution >= 0.6 is 27.7 Å². The number of amides is 2. The molecule has 1 aliphatic rings. The number of hydrogen-bond acceptors (Lipinski definition) is 6. The molecule has 0 bridgehead atoms. The molecule has 8 heteroatoms.